The highest BCUT2D eigenvalue weighted by atomic mass is 16.3. The van der Waals surface area contributed by atoms with Crippen molar-refractivity contribution in [2.75, 3.05) is 13.1 Å². The van der Waals surface area contributed by atoms with Gasteiger partial charge in [0.2, 0.25) is 0 Å². The van der Waals surface area contributed by atoms with Gasteiger partial charge in [-0.15, -0.1) is 0 Å². The zero-order valence-electron chi connectivity index (χ0n) is 11.9. The largest absolute Gasteiger partial charge is 0.472 e. The van der Waals surface area contributed by atoms with E-state index in [-0.39, 0.29) is 0 Å². The van der Waals surface area contributed by atoms with Gasteiger partial charge >= 0.3 is 0 Å². The summed E-state index contributed by atoms with van der Waals surface area (Å²) in [6.45, 7) is 10.2. The van der Waals surface area contributed by atoms with Crippen molar-refractivity contribution in [2.24, 2.45) is 5.92 Å². The molecule has 1 saturated heterocycles. The van der Waals surface area contributed by atoms with Gasteiger partial charge < -0.3 is 9.73 Å². The summed E-state index contributed by atoms with van der Waals surface area (Å²) in [5.74, 6) is 0.761. The Morgan fingerprint density at radius 1 is 1.50 bits per heavy atom. The summed E-state index contributed by atoms with van der Waals surface area (Å²) in [7, 11) is 0. The maximum absolute atomic E-state index is 5.17. The van der Waals surface area contributed by atoms with Crippen LogP contribution in [0, 0.1) is 5.92 Å². The maximum Gasteiger partial charge on any atom is 0.0947 e. The number of hydrogen-bond donors (Lipinski definition) is 1. The van der Waals surface area contributed by atoms with Gasteiger partial charge in [0, 0.05) is 37.3 Å². The summed E-state index contributed by atoms with van der Waals surface area (Å²) < 4.78 is 5.17. The van der Waals surface area contributed by atoms with Gasteiger partial charge in [0.15, 0.2) is 0 Å². The van der Waals surface area contributed by atoms with E-state index < -0.39 is 0 Å². The van der Waals surface area contributed by atoms with Crippen LogP contribution in [-0.2, 0) is 6.54 Å². The molecule has 2 atom stereocenters. The molecule has 1 aliphatic rings. The van der Waals surface area contributed by atoms with Crippen LogP contribution in [0.15, 0.2) is 23.0 Å². The average molecular weight is 250 g/mol. The summed E-state index contributed by atoms with van der Waals surface area (Å²) in [5, 5.41) is 3.70. The first-order valence-corrected chi connectivity index (χ1v) is 7.17. The van der Waals surface area contributed by atoms with Crippen LogP contribution in [0.25, 0.3) is 0 Å². The van der Waals surface area contributed by atoms with E-state index in [4.69, 9.17) is 4.42 Å². The zero-order valence-corrected chi connectivity index (χ0v) is 11.9. The first-order valence-electron chi connectivity index (χ1n) is 7.17. The highest BCUT2D eigenvalue weighted by molar-refractivity contribution is 5.06. The Balaban J connectivity index is 1.94. The molecule has 2 heterocycles. The van der Waals surface area contributed by atoms with E-state index in [0.29, 0.717) is 12.1 Å². The molecule has 2 unspecified atom stereocenters. The first-order chi connectivity index (χ1) is 8.69. The van der Waals surface area contributed by atoms with Gasteiger partial charge in [-0.1, -0.05) is 20.8 Å². The summed E-state index contributed by atoms with van der Waals surface area (Å²) in [4.78, 5) is 2.61. The standard InChI is InChI=1S/C15H26N2O/c1-4-15-8-16-14(7-12(2)3)10-17(15)9-13-5-6-18-11-13/h5-6,11-12,14-16H,4,7-10H2,1-3H3. The Morgan fingerprint density at radius 3 is 2.94 bits per heavy atom. The molecule has 1 fully saturated rings. The Morgan fingerprint density at radius 2 is 2.33 bits per heavy atom. The second kappa shape index (κ2) is 6.39. The van der Waals surface area contributed by atoms with E-state index in [0.717, 1.165) is 25.6 Å². The molecule has 2 rings (SSSR count). The van der Waals surface area contributed by atoms with Crippen LogP contribution in [0.3, 0.4) is 0 Å². The Kier molecular flexibility index (Phi) is 4.84. The number of piperazine rings is 1. The van der Waals surface area contributed by atoms with E-state index in [1.807, 2.05) is 6.26 Å². The number of furan rings is 1. The lowest BCUT2D eigenvalue weighted by molar-refractivity contribution is 0.111. The lowest BCUT2D eigenvalue weighted by atomic mass is 9.98. The maximum atomic E-state index is 5.17. The van der Waals surface area contributed by atoms with Crippen molar-refractivity contribution in [3.05, 3.63) is 24.2 Å². The third-order valence-electron chi connectivity index (χ3n) is 3.81. The SMILES string of the molecule is CCC1CNC(CC(C)C)CN1Cc1ccoc1. The number of rotatable bonds is 5. The molecule has 1 aromatic heterocycles. The lowest BCUT2D eigenvalue weighted by Gasteiger charge is -2.40. The Hall–Kier alpha value is -0.800. The molecule has 0 bridgehead atoms. The number of nitrogens with zero attached hydrogens (tertiary/aromatic N) is 1. The molecular formula is C15H26N2O. The summed E-state index contributed by atoms with van der Waals surface area (Å²) >= 11 is 0. The number of nitrogens with one attached hydrogen (secondary N) is 1. The minimum absolute atomic E-state index is 0.639. The minimum atomic E-state index is 0.639. The predicted octanol–water partition coefficient (Wildman–Crippen LogP) is 2.88. The lowest BCUT2D eigenvalue weighted by Crippen LogP contribution is -2.56. The minimum Gasteiger partial charge on any atom is -0.472 e. The molecule has 1 aliphatic heterocycles. The Bertz CT molecular complexity index is 334. The van der Waals surface area contributed by atoms with Gasteiger partial charge in [-0.2, -0.15) is 0 Å². The van der Waals surface area contributed by atoms with Gasteiger partial charge in [0.25, 0.3) is 0 Å². The molecule has 0 spiro atoms. The van der Waals surface area contributed by atoms with Crippen molar-refractivity contribution in [1.29, 1.82) is 0 Å². The molecule has 0 aromatic carbocycles. The molecule has 18 heavy (non-hydrogen) atoms. The normalized spacial score (nSPS) is 25.8. The van der Waals surface area contributed by atoms with Crippen LogP contribution in [0.1, 0.15) is 39.2 Å². The van der Waals surface area contributed by atoms with Crippen molar-refractivity contribution in [2.45, 2.75) is 52.2 Å². The molecular weight excluding hydrogens is 224 g/mol. The fraction of sp³-hybridized carbons (Fsp3) is 0.733. The van der Waals surface area contributed by atoms with Crippen LogP contribution < -0.4 is 5.32 Å². The van der Waals surface area contributed by atoms with Gasteiger partial charge in [-0.05, 0) is 24.8 Å². The molecule has 1 N–H and O–H groups in total. The molecule has 0 saturated carbocycles. The van der Waals surface area contributed by atoms with Crippen molar-refractivity contribution in [3.8, 4) is 0 Å². The zero-order chi connectivity index (χ0) is 13.0. The fourth-order valence-corrected chi connectivity index (χ4v) is 2.87. The second-order valence-electron chi connectivity index (χ2n) is 5.86. The van der Waals surface area contributed by atoms with Crippen molar-refractivity contribution >= 4 is 0 Å². The molecule has 0 radical (unpaired) electrons. The average Bonchev–Trinajstić information content (AvgIpc) is 2.81. The van der Waals surface area contributed by atoms with Crippen LogP contribution >= 0.6 is 0 Å². The molecule has 0 amide bonds. The topological polar surface area (TPSA) is 28.4 Å². The molecule has 102 valence electrons. The van der Waals surface area contributed by atoms with Crippen LogP contribution in [0.4, 0.5) is 0 Å². The van der Waals surface area contributed by atoms with E-state index in [9.17, 15) is 0 Å². The monoisotopic (exact) mass is 250 g/mol. The van der Waals surface area contributed by atoms with Gasteiger partial charge in [-0.3, -0.25) is 4.90 Å². The van der Waals surface area contributed by atoms with Crippen molar-refractivity contribution in [3.63, 3.8) is 0 Å². The highest BCUT2D eigenvalue weighted by Crippen LogP contribution is 2.18. The number of hydrogen-bond acceptors (Lipinski definition) is 3. The van der Waals surface area contributed by atoms with E-state index in [1.54, 1.807) is 6.26 Å². The van der Waals surface area contributed by atoms with Crippen molar-refractivity contribution in [1.82, 2.24) is 10.2 Å². The van der Waals surface area contributed by atoms with Gasteiger partial charge in [0.05, 0.1) is 12.5 Å². The molecule has 3 nitrogen and oxygen atoms in total. The molecule has 3 heteroatoms. The molecule has 0 aliphatic carbocycles. The van der Waals surface area contributed by atoms with E-state index in [2.05, 4.69) is 37.1 Å². The summed E-state index contributed by atoms with van der Waals surface area (Å²) in [5.41, 5.74) is 1.29. The third-order valence-corrected chi connectivity index (χ3v) is 3.81. The van der Waals surface area contributed by atoms with Crippen LogP contribution in [0.5, 0.6) is 0 Å². The summed E-state index contributed by atoms with van der Waals surface area (Å²) in [6, 6.07) is 3.37. The van der Waals surface area contributed by atoms with Crippen LogP contribution in [0.2, 0.25) is 0 Å². The smallest absolute Gasteiger partial charge is 0.0947 e. The second-order valence-corrected chi connectivity index (χ2v) is 5.86. The molecule has 1 aromatic rings. The van der Waals surface area contributed by atoms with Crippen molar-refractivity contribution < 1.29 is 4.42 Å². The van der Waals surface area contributed by atoms with Gasteiger partial charge in [-0.25, -0.2) is 0 Å². The predicted molar refractivity (Wildman–Crippen MR) is 74.4 cm³/mol. The third kappa shape index (κ3) is 3.59. The Labute approximate surface area is 111 Å². The van der Waals surface area contributed by atoms with E-state index in [1.165, 1.54) is 18.4 Å². The summed E-state index contributed by atoms with van der Waals surface area (Å²) in [6.07, 6.45) is 6.11. The quantitative estimate of drug-likeness (QED) is 0.871. The van der Waals surface area contributed by atoms with E-state index >= 15 is 0 Å². The highest BCUT2D eigenvalue weighted by Gasteiger charge is 2.27. The first kappa shape index (κ1) is 13.6. The fourth-order valence-electron chi connectivity index (χ4n) is 2.87. The van der Waals surface area contributed by atoms with Gasteiger partial charge in [0.1, 0.15) is 0 Å². The van der Waals surface area contributed by atoms with Crippen LogP contribution in [-0.4, -0.2) is 30.1 Å².